The molecule has 0 aliphatic rings. The largest absolute Gasteiger partial charge is 0.393 e. The molecule has 0 aliphatic carbocycles. The van der Waals surface area contributed by atoms with Crippen molar-refractivity contribution in [2.45, 2.75) is 32.5 Å². The van der Waals surface area contributed by atoms with E-state index in [1.807, 2.05) is 31.2 Å². The monoisotopic (exact) mass is 194 g/mol. The fraction of sp³-hybridized carbons (Fsp3) is 0.500. The van der Waals surface area contributed by atoms with Crippen molar-refractivity contribution < 1.29 is 9.84 Å². The van der Waals surface area contributed by atoms with Gasteiger partial charge in [-0.1, -0.05) is 24.3 Å². The number of hydrogen-bond donors (Lipinski definition) is 1. The lowest BCUT2D eigenvalue weighted by atomic mass is 9.99. The highest BCUT2D eigenvalue weighted by atomic mass is 16.5. The fourth-order valence-electron chi connectivity index (χ4n) is 1.56. The van der Waals surface area contributed by atoms with Crippen molar-refractivity contribution in [3.63, 3.8) is 0 Å². The van der Waals surface area contributed by atoms with Crippen molar-refractivity contribution in [3.8, 4) is 0 Å². The van der Waals surface area contributed by atoms with Crippen LogP contribution >= 0.6 is 0 Å². The molecule has 0 heterocycles. The summed E-state index contributed by atoms with van der Waals surface area (Å²) in [7, 11) is 1.70. The Morgan fingerprint density at radius 2 is 1.93 bits per heavy atom. The van der Waals surface area contributed by atoms with Crippen LogP contribution < -0.4 is 0 Å². The Morgan fingerprint density at radius 3 is 2.50 bits per heavy atom. The van der Waals surface area contributed by atoms with Crippen LogP contribution in [0.4, 0.5) is 0 Å². The second-order valence-corrected chi connectivity index (χ2v) is 3.63. The SMILES string of the molecule is COC(C)c1ccccc1CC(C)O. The summed E-state index contributed by atoms with van der Waals surface area (Å²) < 4.78 is 5.28. The molecule has 0 fully saturated rings. The minimum atomic E-state index is -0.305. The van der Waals surface area contributed by atoms with Crippen molar-refractivity contribution in [1.82, 2.24) is 0 Å². The predicted molar refractivity (Wildman–Crippen MR) is 57.3 cm³/mol. The van der Waals surface area contributed by atoms with Crippen molar-refractivity contribution in [3.05, 3.63) is 35.4 Å². The third-order valence-electron chi connectivity index (χ3n) is 2.36. The first-order valence-corrected chi connectivity index (χ1v) is 4.93. The van der Waals surface area contributed by atoms with Crippen molar-refractivity contribution in [2.75, 3.05) is 7.11 Å². The van der Waals surface area contributed by atoms with Gasteiger partial charge < -0.3 is 9.84 Å². The smallest absolute Gasteiger partial charge is 0.0795 e. The first-order valence-electron chi connectivity index (χ1n) is 4.93. The zero-order chi connectivity index (χ0) is 10.6. The second kappa shape index (κ2) is 5.13. The van der Waals surface area contributed by atoms with Crippen LogP contribution in [-0.2, 0) is 11.2 Å². The molecule has 0 spiro atoms. The van der Waals surface area contributed by atoms with E-state index in [2.05, 4.69) is 0 Å². The van der Waals surface area contributed by atoms with Gasteiger partial charge in [0.2, 0.25) is 0 Å². The van der Waals surface area contributed by atoms with E-state index in [1.165, 1.54) is 0 Å². The fourth-order valence-corrected chi connectivity index (χ4v) is 1.56. The lowest BCUT2D eigenvalue weighted by Crippen LogP contribution is -2.08. The van der Waals surface area contributed by atoms with E-state index in [-0.39, 0.29) is 12.2 Å². The number of aliphatic hydroxyl groups is 1. The molecule has 0 amide bonds. The van der Waals surface area contributed by atoms with Gasteiger partial charge in [0.1, 0.15) is 0 Å². The molecular weight excluding hydrogens is 176 g/mol. The normalized spacial score (nSPS) is 15.1. The molecule has 1 rings (SSSR count). The molecule has 1 aromatic rings. The van der Waals surface area contributed by atoms with Crippen LogP contribution in [0.1, 0.15) is 31.1 Å². The molecule has 0 radical (unpaired) electrons. The van der Waals surface area contributed by atoms with E-state index in [9.17, 15) is 5.11 Å². The highest BCUT2D eigenvalue weighted by Gasteiger charge is 2.10. The van der Waals surface area contributed by atoms with E-state index in [1.54, 1.807) is 14.0 Å². The summed E-state index contributed by atoms with van der Waals surface area (Å²) in [5.41, 5.74) is 2.33. The molecule has 0 saturated heterocycles. The van der Waals surface area contributed by atoms with E-state index in [4.69, 9.17) is 4.74 Å². The molecule has 2 nitrogen and oxygen atoms in total. The van der Waals surface area contributed by atoms with Gasteiger partial charge >= 0.3 is 0 Å². The topological polar surface area (TPSA) is 29.5 Å². The van der Waals surface area contributed by atoms with Gasteiger partial charge in [0.05, 0.1) is 12.2 Å². The molecule has 78 valence electrons. The molecule has 2 atom stereocenters. The number of rotatable bonds is 4. The molecule has 2 heteroatoms. The number of hydrogen-bond acceptors (Lipinski definition) is 2. The maximum atomic E-state index is 9.34. The Balaban J connectivity index is 2.91. The Bertz CT molecular complexity index is 281. The van der Waals surface area contributed by atoms with Gasteiger partial charge in [-0.15, -0.1) is 0 Å². The van der Waals surface area contributed by atoms with E-state index in [0.717, 1.165) is 11.1 Å². The first-order chi connectivity index (χ1) is 6.65. The summed E-state index contributed by atoms with van der Waals surface area (Å²) in [5, 5.41) is 9.34. The Labute approximate surface area is 85.5 Å². The van der Waals surface area contributed by atoms with Gasteiger partial charge in [-0.25, -0.2) is 0 Å². The van der Waals surface area contributed by atoms with Gasteiger partial charge in [-0.05, 0) is 31.4 Å². The van der Waals surface area contributed by atoms with E-state index < -0.39 is 0 Å². The van der Waals surface area contributed by atoms with Gasteiger partial charge in [-0.2, -0.15) is 0 Å². The molecule has 0 bridgehead atoms. The second-order valence-electron chi connectivity index (χ2n) is 3.63. The van der Waals surface area contributed by atoms with Gasteiger partial charge in [-0.3, -0.25) is 0 Å². The van der Waals surface area contributed by atoms with Crippen LogP contribution in [-0.4, -0.2) is 18.3 Å². The van der Waals surface area contributed by atoms with Crippen LogP contribution in [0.3, 0.4) is 0 Å². The zero-order valence-electron chi connectivity index (χ0n) is 9.03. The number of aliphatic hydroxyl groups excluding tert-OH is 1. The molecule has 1 N–H and O–H groups in total. The van der Waals surface area contributed by atoms with E-state index in [0.29, 0.717) is 6.42 Å². The Morgan fingerprint density at radius 1 is 1.29 bits per heavy atom. The van der Waals surface area contributed by atoms with Crippen molar-refractivity contribution >= 4 is 0 Å². The molecule has 2 unspecified atom stereocenters. The first kappa shape index (κ1) is 11.2. The summed E-state index contributed by atoms with van der Waals surface area (Å²) in [5.74, 6) is 0. The molecule has 14 heavy (non-hydrogen) atoms. The average molecular weight is 194 g/mol. The summed E-state index contributed by atoms with van der Waals surface area (Å²) in [6, 6.07) is 8.07. The number of ether oxygens (including phenoxy) is 1. The van der Waals surface area contributed by atoms with Gasteiger partial charge in [0.25, 0.3) is 0 Å². The quantitative estimate of drug-likeness (QED) is 0.797. The summed E-state index contributed by atoms with van der Waals surface area (Å²) in [6.07, 6.45) is 0.467. The standard InChI is InChI=1S/C12H18O2/c1-9(13)8-11-6-4-5-7-12(11)10(2)14-3/h4-7,9-10,13H,8H2,1-3H3. The summed E-state index contributed by atoms with van der Waals surface area (Å²) >= 11 is 0. The highest BCUT2D eigenvalue weighted by Crippen LogP contribution is 2.21. The van der Waals surface area contributed by atoms with Gasteiger partial charge in [0.15, 0.2) is 0 Å². The predicted octanol–water partition coefficient (Wildman–Crippen LogP) is 2.32. The number of benzene rings is 1. The summed E-state index contributed by atoms with van der Waals surface area (Å²) in [6.45, 7) is 3.81. The van der Waals surface area contributed by atoms with Gasteiger partial charge in [0, 0.05) is 7.11 Å². The Hall–Kier alpha value is -0.860. The molecule has 1 aromatic carbocycles. The van der Waals surface area contributed by atoms with Crippen molar-refractivity contribution in [1.29, 1.82) is 0 Å². The maximum absolute atomic E-state index is 9.34. The zero-order valence-corrected chi connectivity index (χ0v) is 9.03. The van der Waals surface area contributed by atoms with Crippen LogP contribution in [0.15, 0.2) is 24.3 Å². The summed E-state index contributed by atoms with van der Waals surface area (Å²) in [4.78, 5) is 0. The maximum Gasteiger partial charge on any atom is 0.0795 e. The minimum absolute atomic E-state index is 0.0879. The minimum Gasteiger partial charge on any atom is -0.393 e. The van der Waals surface area contributed by atoms with Crippen molar-refractivity contribution in [2.24, 2.45) is 0 Å². The average Bonchev–Trinajstić information content (AvgIpc) is 2.16. The number of methoxy groups -OCH3 is 1. The Kier molecular flexibility index (Phi) is 4.11. The molecule has 0 saturated carbocycles. The third-order valence-corrected chi connectivity index (χ3v) is 2.36. The van der Waals surface area contributed by atoms with Crippen LogP contribution in [0, 0.1) is 0 Å². The van der Waals surface area contributed by atoms with Crippen LogP contribution in [0.25, 0.3) is 0 Å². The molecule has 0 aromatic heterocycles. The lowest BCUT2D eigenvalue weighted by molar-refractivity contribution is 0.117. The lowest BCUT2D eigenvalue weighted by Gasteiger charge is -2.15. The van der Waals surface area contributed by atoms with Crippen LogP contribution in [0.2, 0.25) is 0 Å². The third kappa shape index (κ3) is 2.82. The van der Waals surface area contributed by atoms with Crippen LogP contribution in [0.5, 0.6) is 0 Å². The molecular formula is C12H18O2. The molecule has 0 aliphatic heterocycles. The van der Waals surface area contributed by atoms with E-state index >= 15 is 0 Å². The highest BCUT2D eigenvalue weighted by molar-refractivity contribution is 5.29.